The van der Waals surface area contributed by atoms with Crippen molar-refractivity contribution in [2.45, 2.75) is 10.8 Å². The number of hydrogen-bond acceptors (Lipinski definition) is 5. The van der Waals surface area contributed by atoms with E-state index in [0.717, 1.165) is 15.0 Å². The summed E-state index contributed by atoms with van der Waals surface area (Å²) in [6.07, 6.45) is 0. The molecule has 1 aromatic carbocycles. The first-order valence-electron chi connectivity index (χ1n) is 5.87. The van der Waals surface area contributed by atoms with Crippen LogP contribution in [0.1, 0.15) is 4.88 Å². The van der Waals surface area contributed by atoms with E-state index in [4.69, 9.17) is 5.73 Å². The molecule has 0 aliphatic heterocycles. The van der Waals surface area contributed by atoms with E-state index in [1.807, 2.05) is 23.6 Å². The van der Waals surface area contributed by atoms with Crippen molar-refractivity contribution in [3.63, 3.8) is 0 Å². The van der Waals surface area contributed by atoms with Gasteiger partial charge in [-0.25, -0.2) is 8.42 Å². The fraction of sp³-hybridized carbons (Fsp3) is 0.0769. The summed E-state index contributed by atoms with van der Waals surface area (Å²) in [4.78, 5) is 0.846. The third kappa shape index (κ3) is 2.57. The predicted octanol–water partition coefficient (Wildman–Crippen LogP) is 3.22. The van der Waals surface area contributed by atoms with Gasteiger partial charge in [-0.3, -0.25) is 4.72 Å². The molecule has 7 heteroatoms. The fourth-order valence-corrected chi connectivity index (χ4v) is 4.90. The summed E-state index contributed by atoms with van der Waals surface area (Å²) < 4.78 is 28.5. The number of nitrogens with two attached hydrogens (primary N) is 1. The third-order valence-electron chi connectivity index (χ3n) is 2.81. The van der Waals surface area contributed by atoms with Crippen LogP contribution in [0.3, 0.4) is 0 Å². The minimum atomic E-state index is -3.54. The van der Waals surface area contributed by atoms with Crippen LogP contribution in [0.15, 0.2) is 46.0 Å². The van der Waals surface area contributed by atoms with Crippen LogP contribution in [0.5, 0.6) is 0 Å². The van der Waals surface area contributed by atoms with Gasteiger partial charge in [0.05, 0.1) is 0 Å². The summed E-state index contributed by atoms with van der Waals surface area (Å²) >= 11 is 2.82. The Morgan fingerprint density at radius 2 is 2.00 bits per heavy atom. The molecule has 0 atom stereocenters. The van der Waals surface area contributed by atoms with Crippen LogP contribution in [0.2, 0.25) is 0 Å². The topological polar surface area (TPSA) is 72.2 Å². The van der Waals surface area contributed by atoms with Crippen LogP contribution in [0.4, 0.5) is 5.69 Å². The Morgan fingerprint density at radius 1 is 1.15 bits per heavy atom. The molecule has 0 amide bonds. The van der Waals surface area contributed by atoms with Crippen molar-refractivity contribution in [2.24, 2.45) is 5.73 Å². The quantitative estimate of drug-likeness (QED) is 0.774. The van der Waals surface area contributed by atoms with Gasteiger partial charge in [-0.05, 0) is 47.2 Å². The third-order valence-corrected chi connectivity index (χ3v) is 6.69. The molecular weight excluding hydrogens is 312 g/mol. The molecule has 0 aliphatic carbocycles. The highest BCUT2D eigenvalue weighted by atomic mass is 32.2. The molecule has 0 bridgehead atoms. The van der Waals surface area contributed by atoms with Crippen LogP contribution < -0.4 is 10.5 Å². The van der Waals surface area contributed by atoms with Crippen molar-refractivity contribution in [1.82, 2.24) is 0 Å². The molecule has 3 aromatic rings. The first kappa shape index (κ1) is 13.6. The second-order valence-corrected chi connectivity index (χ2v) is 8.23. The van der Waals surface area contributed by atoms with Gasteiger partial charge in [0.1, 0.15) is 4.21 Å². The van der Waals surface area contributed by atoms with Gasteiger partial charge in [-0.15, -0.1) is 22.7 Å². The van der Waals surface area contributed by atoms with Crippen LogP contribution >= 0.6 is 22.7 Å². The number of nitrogens with one attached hydrogen (secondary N) is 1. The minimum Gasteiger partial charge on any atom is -0.326 e. The molecule has 0 saturated carbocycles. The lowest BCUT2D eigenvalue weighted by Gasteiger charge is -2.06. The molecule has 2 heterocycles. The number of rotatable bonds is 4. The lowest BCUT2D eigenvalue weighted by atomic mass is 10.2. The Bertz CT molecular complexity index is 849. The Kier molecular flexibility index (Phi) is 3.51. The van der Waals surface area contributed by atoms with Gasteiger partial charge < -0.3 is 5.73 Å². The molecular formula is C13H12N2O2S3. The summed E-state index contributed by atoms with van der Waals surface area (Å²) in [5, 5.41) is 3.01. The summed E-state index contributed by atoms with van der Waals surface area (Å²) in [7, 11) is -3.54. The second kappa shape index (κ2) is 5.17. The minimum absolute atomic E-state index is 0.281. The van der Waals surface area contributed by atoms with E-state index in [1.165, 1.54) is 11.3 Å². The maximum absolute atomic E-state index is 12.3. The van der Waals surface area contributed by atoms with Crippen molar-refractivity contribution in [3.05, 3.63) is 46.7 Å². The normalized spacial score (nSPS) is 11.8. The SMILES string of the molecule is NCc1ccc(S(=O)(=O)Nc2ccc3sccc3c2)s1. The predicted molar refractivity (Wildman–Crippen MR) is 84.8 cm³/mol. The Balaban J connectivity index is 1.92. The van der Waals surface area contributed by atoms with Crippen molar-refractivity contribution in [3.8, 4) is 0 Å². The number of benzene rings is 1. The van der Waals surface area contributed by atoms with E-state index >= 15 is 0 Å². The van der Waals surface area contributed by atoms with Gasteiger partial charge in [-0.1, -0.05) is 0 Å². The summed E-state index contributed by atoms with van der Waals surface area (Å²) in [5.41, 5.74) is 6.07. The van der Waals surface area contributed by atoms with E-state index < -0.39 is 10.0 Å². The molecule has 20 heavy (non-hydrogen) atoms. The lowest BCUT2D eigenvalue weighted by molar-refractivity contribution is 0.603. The highest BCUT2D eigenvalue weighted by Gasteiger charge is 2.16. The number of anilines is 1. The van der Waals surface area contributed by atoms with Crippen molar-refractivity contribution in [2.75, 3.05) is 4.72 Å². The van der Waals surface area contributed by atoms with Crippen LogP contribution in [0.25, 0.3) is 10.1 Å². The zero-order valence-corrected chi connectivity index (χ0v) is 12.8. The molecule has 0 saturated heterocycles. The summed E-state index contributed by atoms with van der Waals surface area (Å²) in [6, 6.07) is 10.8. The maximum atomic E-state index is 12.3. The highest BCUT2D eigenvalue weighted by molar-refractivity contribution is 7.94. The molecule has 3 rings (SSSR count). The lowest BCUT2D eigenvalue weighted by Crippen LogP contribution is -2.11. The molecule has 0 fully saturated rings. The Hall–Kier alpha value is -1.41. The Morgan fingerprint density at radius 3 is 2.75 bits per heavy atom. The number of sulfonamides is 1. The van der Waals surface area contributed by atoms with Crippen LogP contribution in [-0.2, 0) is 16.6 Å². The van der Waals surface area contributed by atoms with E-state index in [-0.39, 0.29) is 4.21 Å². The van der Waals surface area contributed by atoms with Crippen molar-refractivity contribution in [1.29, 1.82) is 0 Å². The number of thiophene rings is 2. The molecule has 3 N–H and O–H groups in total. The molecule has 0 spiro atoms. The van der Waals surface area contributed by atoms with Gasteiger partial charge in [0, 0.05) is 21.8 Å². The average Bonchev–Trinajstić information content (AvgIpc) is 3.06. The summed E-state index contributed by atoms with van der Waals surface area (Å²) in [6.45, 7) is 0.348. The molecule has 2 aromatic heterocycles. The van der Waals surface area contributed by atoms with Gasteiger partial charge in [0.15, 0.2) is 0 Å². The van der Waals surface area contributed by atoms with Gasteiger partial charge in [0.25, 0.3) is 10.0 Å². The summed E-state index contributed by atoms with van der Waals surface area (Å²) in [5.74, 6) is 0. The Labute approximate surface area is 124 Å². The van der Waals surface area contributed by atoms with Gasteiger partial charge in [0.2, 0.25) is 0 Å². The monoisotopic (exact) mass is 324 g/mol. The van der Waals surface area contributed by atoms with E-state index in [1.54, 1.807) is 29.5 Å². The molecule has 0 unspecified atom stereocenters. The second-order valence-electron chi connectivity index (χ2n) is 4.20. The number of hydrogen-bond donors (Lipinski definition) is 2. The maximum Gasteiger partial charge on any atom is 0.271 e. The van der Waals surface area contributed by atoms with Crippen molar-refractivity contribution >= 4 is 48.5 Å². The largest absolute Gasteiger partial charge is 0.326 e. The molecule has 104 valence electrons. The van der Waals surface area contributed by atoms with Gasteiger partial charge >= 0.3 is 0 Å². The van der Waals surface area contributed by atoms with E-state index in [9.17, 15) is 8.42 Å². The molecule has 4 nitrogen and oxygen atoms in total. The molecule has 0 aliphatic rings. The standard InChI is InChI=1S/C13H12N2O2S3/c14-8-11-2-4-13(19-11)20(16,17)15-10-1-3-12-9(7-10)5-6-18-12/h1-7,15H,8,14H2. The molecule has 0 radical (unpaired) electrons. The van der Waals surface area contributed by atoms with Crippen molar-refractivity contribution < 1.29 is 8.42 Å². The highest BCUT2D eigenvalue weighted by Crippen LogP contribution is 2.27. The fourth-order valence-electron chi connectivity index (χ4n) is 1.85. The first-order valence-corrected chi connectivity index (χ1v) is 9.05. The number of fused-ring (bicyclic) bond motifs is 1. The average molecular weight is 324 g/mol. The van der Waals surface area contributed by atoms with Gasteiger partial charge in [-0.2, -0.15) is 0 Å². The zero-order chi connectivity index (χ0) is 14.2. The van der Waals surface area contributed by atoms with Crippen LogP contribution in [-0.4, -0.2) is 8.42 Å². The zero-order valence-electron chi connectivity index (χ0n) is 10.4. The smallest absolute Gasteiger partial charge is 0.271 e. The van der Waals surface area contributed by atoms with E-state index in [2.05, 4.69) is 4.72 Å². The van der Waals surface area contributed by atoms with Crippen LogP contribution in [0, 0.1) is 0 Å². The first-order chi connectivity index (χ1) is 9.58. The van der Waals surface area contributed by atoms with E-state index in [0.29, 0.717) is 12.2 Å².